The van der Waals surface area contributed by atoms with E-state index in [1.54, 1.807) is 13.3 Å². The minimum Gasteiger partial charge on any atom is -0.497 e. The monoisotopic (exact) mass is 333 g/mol. The molecule has 0 aliphatic rings. The van der Waals surface area contributed by atoms with Gasteiger partial charge in [-0.1, -0.05) is 12.1 Å². The fourth-order valence-corrected chi connectivity index (χ4v) is 2.27. The predicted octanol–water partition coefficient (Wildman–Crippen LogP) is 3.08. The maximum absolute atomic E-state index is 5.76. The molecule has 102 valence electrons. The first-order valence-electron chi connectivity index (χ1n) is 6.01. The molecule has 0 amide bonds. The normalized spacial score (nSPS) is 10.7. The van der Waals surface area contributed by atoms with Crippen LogP contribution in [0.1, 0.15) is 5.56 Å². The zero-order chi connectivity index (χ0) is 13.9. The van der Waals surface area contributed by atoms with Crippen LogP contribution < -0.4 is 9.47 Å². The number of fused-ring (bicyclic) bond motifs is 1. The van der Waals surface area contributed by atoms with E-state index in [0.29, 0.717) is 22.7 Å². The quantitative estimate of drug-likeness (QED) is 0.736. The van der Waals surface area contributed by atoms with Crippen LogP contribution in [0.25, 0.3) is 5.65 Å². The molecular formula is C14H12BrN3O2. The van der Waals surface area contributed by atoms with E-state index in [9.17, 15) is 0 Å². The Morgan fingerprint density at radius 1 is 1.35 bits per heavy atom. The second-order valence-corrected chi connectivity index (χ2v) is 4.98. The Hall–Kier alpha value is -2.08. The molecule has 0 aliphatic carbocycles. The predicted molar refractivity (Wildman–Crippen MR) is 78.0 cm³/mol. The molecule has 2 aromatic heterocycles. The topological polar surface area (TPSA) is 48.7 Å². The summed E-state index contributed by atoms with van der Waals surface area (Å²) >= 11 is 3.36. The van der Waals surface area contributed by atoms with Gasteiger partial charge in [0.2, 0.25) is 5.65 Å². The molecule has 1 aromatic carbocycles. The van der Waals surface area contributed by atoms with Gasteiger partial charge in [0.1, 0.15) is 17.0 Å². The van der Waals surface area contributed by atoms with Gasteiger partial charge in [0.25, 0.3) is 5.88 Å². The summed E-state index contributed by atoms with van der Waals surface area (Å²) in [6.07, 6.45) is 5.39. The van der Waals surface area contributed by atoms with Crippen LogP contribution in [-0.4, -0.2) is 21.5 Å². The molecule has 0 N–H and O–H groups in total. The molecule has 20 heavy (non-hydrogen) atoms. The van der Waals surface area contributed by atoms with Crippen LogP contribution >= 0.6 is 15.9 Å². The maximum atomic E-state index is 5.76. The van der Waals surface area contributed by atoms with Gasteiger partial charge >= 0.3 is 0 Å². The van der Waals surface area contributed by atoms with Crippen LogP contribution in [0.3, 0.4) is 0 Å². The van der Waals surface area contributed by atoms with E-state index in [0.717, 1.165) is 11.3 Å². The Labute approximate surface area is 124 Å². The van der Waals surface area contributed by atoms with Crippen molar-refractivity contribution in [1.82, 2.24) is 14.4 Å². The molecule has 0 bridgehead atoms. The highest BCUT2D eigenvalue weighted by Crippen LogP contribution is 2.21. The standard InChI is InChI=1S/C14H12BrN3O2/c1-19-11-4-2-3-10(7-11)9-20-14-13-16-5-6-18(13)8-12(15)17-14/h2-8H,9H2,1H3. The molecule has 0 unspecified atom stereocenters. The number of rotatable bonds is 4. The fourth-order valence-electron chi connectivity index (χ4n) is 1.88. The Bertz CT molecular complexity index is 742. The number of nitrogens with zero attached hydrogens (tertiary/aromatic N) is 3. The Morgan fingerprint density at radius 2 is 2.25 bits per heavy atom. The average molecular weight is 334 g/mol. The second-order valence-electron chi connectivity index (χ2n) is 4.17. The lowest BCUT2D eigenvalue weighted by atomic mass is 10.2. The minimum absolute atomic E-state index is 0.406. The third-order valence-electron chi connectivity index (χ3n) is 2.82. The van der Waals surface area contributed by atoms with Crippen LogP contribution in [0, 0.1) is 0 Å². The Balaban J connectivity index is 1.84. The fraction of sp³-hybridized carbons (Fsp3) is 0.143. The summed E-state index contributed by atoms with van der Waals surface area (Å²) in [7, 11) is 1.64. The minimum atomic E-state index is 0.406. The number of hydrogen-bond acceptors (Lipinski definition) is 4. The Morgan fingerprint density at radius 3 is 3.10 bits per heavy atom. The third-order valence-corrected chi connectivity index (χ3v) is 3.21. The molecule has 0 fully saturated rings. The van der Waals surface area contributed by atoms with E-state index in [1.807, 2.05) is 41.1 Å². The maximum Gasteiger partial charge on any atom is 0.259 e. The number of aromatic nitrogens is 3. The lowest BCUT2D eigenvalue weighted by molar-refractivity contribution is 0.294. The van der Waals surface area contributed by atoms with Crippen molar-refractivity contribution in [1.29, 1.82) is 0 Å². The molecular weight excluding hydrogens is 322 g/mol. The van der Waals surface area contributed by atoms with Crippen LogP contribution in [-0.2, 0) is 6.61 Å². The molecule has 3 rings (SSSR count). The number of ether oxygens (including phenoxy) is 2. The molecule has 0 spiro atoms. The van der Waals surface area contributed by atoms with Crippen molar-refractivity contribution >= 4 is 21.6 Å². The first kappa shape index (κ1) is 12.9. The van der Waals surface area contributed by atoms with E-state index in [2.05, 4.69) is 25.9 Å². The molecule has 0 saturated heterocycles. The molecule has 5 nitrogen and oxygen atoms in total. The summed E-state index contributed by atoms with van der Waals surface area (Å²) in [5, 5.41) is 0. The number of halogens is 1. The van der Waals surface area contributed by atoms with Gasteiger partial charge in [0, 0.05) is 18.6 Å². The van der Waals surface area contributed by atoms with Gasteiger partial charge in [-0.25, -0.2) is 9.97 Å². The second kappa shape index (κ2) is 5.50. The molecule has 6 heteroatoms. The zero-order valence-electron chi connectivity index (χ0n) is 10.8. The molecule has 3 aromatic rings. The summed E-state index contributed by atoms with van der Waals surface area (Å²) in [5.74, 6) is 1.30. The summed E-state index contributed by atoms with van der Waals surface area (Å²) in [6, 6.07) is 7.73. The SMILES string of the molecule is COc1cccc(COc2nc(Br)cn3ccnc23)c1. The lowest BCUT2D eigenvalue weighted by Crippen LogP contribution is -2.01. The van der Waals surface area contributed by atoms with Crippen molar-refractivity contribution in [2.24, 2.45) is 0 Å². The van der Waals surface area contributed by atoms with E-state index >= 15 is 0 Å². The average Bonchev–Trinajstić information content (AvgIpc) is 2.93. The van der Waals surface area contributed by atoms with Crippen LogP contribution in [0.4, 0.5) is 0 Å². The first-order valence-corrected chi connectivity index (χ1v) is 6.80. The number of hydrogen-bond donors (Lipinski definition) is 0. The molecule has 0 saturated carbocycles. The Kier molecular flexibility index (Phi) is 3.56. The van der Waals surface area contributed by atoms with E-state index < -0.39 is 0 Å². The summed E-state index contributed by atoms with van der Waals surface area (Å²) in [6.45, 7) is 0.406. The van der Waals surface area contributed by atoms with Crippen LogP contribution in [0.2, 0.25) is 0 Å². The van der Waals surface area contributed by atoms with E-state index in [4.69, 9.17) is 9.47 Å². The van der Waals surface area contributed by atoms with E-state index in [1.165, 1.54) is 0 Å². The summed E-state index contributed by atoms with van der Waals surface area (Å²) in [4.78, 5) is 8.55. The first-order chi connectivity index (χ1) is 9.76. The van der Waals surface area contributed by atoms with Gasteiger partial charge in [-0.15, -0.1) is 0 Å². The number of benzene rings is 1. The van der Waals surface area contributed by atoms with Crippen molar-refractivity contribution in [3.05, 3.63) is 53.0 Å². The molecule has 2 heterocycles. The molecule has 0 radical (unpaired) electrons. The highest BCUT2D eigenvalue weighted by atomic mass is 79.9. The molecule has 0 aliphatic heterocycles. The van der Waals surface area contributed by atoms with Crippen LogP contribution in [0.15, 0.2) is 47.5 Å². The van der Waals surface area contributed by atoms with E-state index in [-0.39, 0.29) is 0 Å². The highest BCUT2D eigenvalue weighted by molar-refractivity contribution is 9.10. The van der Waals surface area contributed by atoms with Gasteiger partial charge in [-0.2, -0.15) is 0 Å². The van der Waals surface area contributed by atoms with Gasteiger partial charge in [0.05, 0.1) is 7.11 Å². The summed E-state index contributed by atoms with van der Waals surface area (Å²) in [5.41, 5.74) is 1.70. The smallest absolute Gasteiger partial charge is 0.259 e. The molecule has 0 atom stereocenters. The number of imidazole rings is 1. The van der Waals surface area contributed by atoms with Gasteiger partial charge in [-0.3, -0.25) is 4.40 Å². The van der Waals surface area contributed by atoms with Crippen molar-refractivity contribution in [2.45, 2.75) is 6.61 Å². The van der Waals surface area contributed by atoms with Crippen molar-refractivity contribution < 1.29 is 9.47 Å². The zero-order valence-corrected chi connectivity index (χ0v) is 12.4. The van der Waals surface area contributed by atoms with Crippen molar-refractivity contribution in [3.63, 3.8) is 0 Å². The largest absolute Gasteiger partial charge is 0.497 e. The van der Waals surface area contributed by atoms with Crippen molar-refractivity contribution in [2.75, 3.05) is 7.11 Å². The lowest BCUT2D eigenvalue weighted by Gasteiger charge is -2.08. The van der Waals surface area contributed by atoms with Gasteiger partial charge in [0.15, 0.2) is 0 Å². The van der Waals surface area contributed by atoms with Crippen molar-refractivity contribution in [3.8, 4) is 11.6 Å². The summed E-state index contributed by atoms with van der Waals surface area (Å²) < 4.78 is 13.5. The number of methoxy groups -OCH3 is 1. The van der Waals surface area contributed by atoms with Gasteiger partial charge in [-0.05, 0) is 33.6 Å². The third kappa shape index (κ3) is 2.60. The van der Waals surface area contributed by atoms with Crippen LogP contribution in [0.5, 0.6) is 11.6 Å². The van der Waals surface area contributed by atoms with Gasteiger partial charge < -0.3 is 9.47 Å². The highest BCUT2D eigenvalue weighted by Gasteiger charge is 2.08.